The van der Waals surface area contributed by atoms with Crippen molar-refractivity contribution in [3.63, 3.8) is 0 Å². The van der Waals surface area contributed by atoms with Crippen molar-refractivity contribution in [3.05, 3.63) is 11.6 Å². The second kappa shape index (κ2) is 11.8. The van der Waals surface area contributed by atoms with Crippen molar-refractivity contribution >= 4 is 0 Å². The summed E-state index contributed by atoms with van der Waals surface area (Å²) < 4.78 is 6.07. The lowest BCUT2D eigenvalue weighted by Gasteiger charge is -2.58. The number of hydrogen-bond acceptors (Lipinski definition) is 3. The van der Waals surface area contributed by atoms with E-state index < -0.39 is 6.41 Å². The highest BCUT2D eigenvalue weighted by molar-refractivity contribution is 5.25. The molecule has 208 valence electrons. The van der Waals surface area contributed by atoms with Gasteiger partial charge in [0.2, 0.25) is 6.41 Å². The molecular formula is C32H59N2O2+. The monoisotopic (exact) mass is 503 g/mol. The maximum atomic E-state index is 10.4. The molecule has 4 unspecified atom stereocenters. The van der Waals surface area contributed by atoms with Crippen LogP contribution in [-0.4, -0.2) is 44.8 Å². The number of hydrogen-bond donors (Lipinski definition) is 3. The van der Waals surface area contributed by atoms with E-state index in [0.717, 1.165) is 61.4 Å². The summed E-state index contributed by atoms with van der Waals surface area (Å²) in [5.41, 5.74) is 2.55. The average Bonchev–Trinajstić information content (AvgIpc) is 3.16. The standard InChI is InChI=1S/C32H58N2O2/c1-22(2)9-8-10-23(3)27-13-14-28-26-12-11-24-21-25(36-30(35)33-19-20-34(6)7)15-17-31(24,4)29(26)16-18-32(27,28)5/h11,22-23,25-30,33,35H,8-10,12-21H2,1-7H3/p+1/t23-,25?,26+,27-,28?,29?,30?,31+,32-/m1/s1. The Hall–Kier alpha value is -0.420. The molecule has 0 spiro atoms. The SMILES string of the molecule is CC(C)CCC[C@@H](C)[C@H]1CCC2[C@@H]3CC=C4CC(OC(O)NCC[NH+](C)C)CC[C@]4(C)C3CC[C@@]21C. The first-order valence-electron chi connectivity index (χ1n) is 15.6. The largest absolute Gasteiger partial charge is 0.356 e. The topological polar surface area (TPSA) is 45.9 Å². The zero-order valence-corrected chi connectivity index (χ0v) is 24.7. The van der Waals surface area contributed by atoms with Gasteiger partial charge in [0, 0.05) is 6.54 Å². The Bertz CT molecular complexity index is 750. The Labute approximate surface area is 223 Å². The first-order valence-corrected chi connectivity index (χ1v) is 15.6. The van der Waals surface area contributed by atoms with Gasteiger partial charge in [0.05, 0.1) is 26.7 Å². The van der Waals surface area contributed by atoms with Crippen molar-refractivity contribution in [1.82, 2.24) is 5.32 Å². The number of rotatable bonds is 11. The van der Waals surface area contributed by atoms with Crippen LogP contribution in [0.2, 0.25) is 0 Å². The van der Waals surface area contributed by atoms with E-state index in [2.05, 4.69) is 60.1 Å². The van der Waals surface area contributed by atoms with E-state index in [-0.39, 0.29) is 6.10 Å². The van der Waals surface area contributed by atoms with Crippen LogP contribution in [0, 0.1) is 46.3 Å². The number of ether oxygens (including phenoxy) is 1. The second-order valence-electron chi connectivity index (χ2n) is 14.6. The van der Waals surface area contributed by atoms with E-state index in [9.17, 15) is 5.11 Å². The fourth-order valence-electron chi connectivity index (χ4n) is 9.44. The van der Waals surface area contributed by atoms with Crippen LogP contribution in [-0.2, 0) is 4.74 Å². The summed E-state index contributed by atoms with van der Waals surface area (Å²) in [6.45, 7) is 14.4. The quantitative estimate of drug-likeness (QED) is 0.260. The van der Waals surface area contributed by atoms with E-state index in [0.29, 0.717) is 10.8 Å². The maximum absolute atomic E-state index is 10.4. The van der Waals surface area contributed by atoms with Crippen molar-refractivity contribution in [3.8, 4) is 0 Å². The first kappa shape index (κ1) is 28.6. The molecule has 4 heteroatoms. The summed E-state index contributed by atoms with van der Waals surface area (Å²) in [5, 5.41) is 13.5. The summed E-state index contributed by atoms with van der Waals surface area (Å²) in [6, 6.07) is 0. The minimum atomic E-state index is -0.844. The minimum Gasteiger partial charge on any atom is -0.356 e. The Kier molecular flexibility index (Phi) is 9.34. The van der Waals surface area contributed by atoms with Crippen molar-refractivity contribution in [2.24, 2.45) is 46.3 Å². The van der Waals surface area contributed by atoms with Gasteiger partial charge in [0.15, 0.2) is 0 Å². The van der Waals surface area contributed by atoms with Crippen molar-refractivity contribution in [2.75, 3.05) is 27.2 Å². The van der Waals surface area contributed by atoms with Crippen LogP contribution in [0.1, 0.15) is 105 Å². The highest BCUT2D eigenvalue weighted by Gasteiger charge is 2.59. The molecule has 0 aromatic rings. The van der Waals surface area contributed by atoms with Crippen molar-refractivity contribution < 1.29 is 14.7 Å². The Morgan fingerprint density at radius 1 is 1.06 bits per heavy atom. The van der Waals surface area contributed by atoms with Gasteiger partial charge in [-0.25, -0.2) is 0 Å². The second-order valence-corrected chi connectivity index (χ2v) is 14.6. The molecule has 0 amide bonds. The molecule has 3 fully saturated rings. The Morgan fingerprint density at radius 2 is 1.83 bits per heavy atom. The van der Waals surface area contributed by atoms with Gasteiger partial charge >= 0.3 is 0 Å². The van der Waals surface area contributed by atoms with Gasteiger partial charge in [-0.1, -0.05) is 65.5 Å². The van der Waals surface area contributed by atoms with Crippen LogP contribution < -0.4 is 10.2 Å². The molecule has 0 aromatic carbocycles. The smallest absolute Gasteiger partial charge is 0.213 e. The third-order valence-corrected chi connectivity index (χ3v) is 11.5. The van der Waals surface area contributed by atoms with Crippen LogP contribution in [0.3, 0.4) is 0 Å². The van der Waals surface area contributed by atoms with E-state index in [4.69, 9.17) is 4.74 Å². The molecule has 4 aliphatic rings. The number of aliphatic hydroxyl groups excluding tert-OH is 1. The van der Waals surface area contributed by atoms with Gasteiger partial charge in [0.1, 0.15) is 0 Å². The molecule has 3 N–H and O–H groups in total. The summed E-state index contributed by atoms with van der Waals surface area (Å²) in [5.74, 6) is 5.30. The number of quaternary nitrogens is 1. The third kappa shape index (κ3) is 5.92. The summed E-state index contributed by atoms with van der Waals surface area (Å²) in [7, 11) is 4.27. The van der Waals surface area contributed by atoms with E-state index in [1.54, 1.807) is 5.57 Å². The summed E-state index contributed by atoms with van der Waals surface area (Å²) in [4.78, 5) is 1.38. The highest BCUT2D eigenvalue weighted by Crippen LogP contribution is 2.67. The van der Waals surface area contributed by atoms with Crippen LogP contribution in [0.15, 0.2) is 11.6 Å². The number of nitrogens with one attached hydrogen (secondary N) is 2. The van der Waals surface area contributed by atoms with E-state index in [1.165, 1.54) is 62.7 Å². The lowest BCUT2D eigenvalue weighted by Crippen LogP contribution is -3.06. The number of fused-ring (bicyclic) bond motifs is 5. The van der Waals surface area contributed by atoms with Crippen LogP contribution >= 0.6 is 0 Å². The molecule has 0 radical (unpaired) electrons. The summed E-state index contributed by atoms with van der Waals surface area (Å²) in [6.07, 6.45) is 16.6. The van der Waals surface area contributed by atoms with E-state index in [1.807, 2.05) is 0 Å². The normalized spacial score (nSPS) is 39.9. The molecule has 0 aliphatic heterocycles. The van der Waals surface area contributed by atoms with Crippen molar-refractivity contribution in [1.29, 1.82) is 0 Å². The molecule has 0 aromatic heterocycles. The molecule has 0 bridgehead atoms. The molecule has 4 aliphatic carbocycles. The van der Waals surface area contributed by atoms with Gasteiger partial charge in [-0.3, -0.25) is 5.32 Å². The zero-order valence-electron chi connectivity index (χ0n) is 24.7. The molecule has 3 saturated carbocycles. The molecule has 36 heavy (non-hydrogen) atoms. The first-order chi connectivity index (χ1) is 17.0. The molecule has 4 rings (SSSR count). The van der Waals surface area contributed by atoms with Gasteiger partial charge in [-0.05, 0) is 97.7 Å². The van der Waals surface area contributed by atoms with Crippen molar-refractivity contribution in [2.45, 2.75) is 118 Å². The fourth-order valence-corrected chi connectivity index (χ4v) is 9.44. The summed E-state index contributed by atoms with van der Waals surface area (Å²) >= 11 is 0. The van der Waals surface area contributed by atoms with Crippen LogP contribution in [0.25, 0.3) is 0 Å². The maximum Gasteiger partial charge on any atom is 0.213 e. The highest BCUT2D eigenvalue weighted by atomic mass is 16.6. The molecule has 9 atom stereocenters. The molecule has 4 nitrogen and oxygen atoms in total. The zero-order chi connectivity index (χ0) is 26.1. The van der Waals surface area contributed by atoms with E-state index >= 15 is 0 Å². The Morgan fingerprint density at radius 3 is 2.56 bits per heavy atom. The number of likely N-dealkylation sites (N-methyl/N-ethyl adjacent to an activating group) is 1. The fraction of sp³-hybridized carbons (Fsp3) is 0.938. The molecule has 0 saturated heterocycles. The van der Waals surface area contributed by atoms with Gasteiger partial charge in [0.25, 0.3) is 0 Å². The number of allylic oxidation sites excluding steroid dienone is 1. The lowest BCUT2D eigenvalue weighted by molar-refractivity contribution is -0.857. The predicted octanol–water partition coefficient (Wildman–Crippen LogP) is 5.42. The van der Waals surface area contributed by atoms with Crippen LogP contribution in [0.5, 0.6) is 0 Å². The third-order valence-electron chi connectivity index (χ3n) is 11.5. The average molecular weight is 504 g/mol. The molecular weight excluding hydrogens is 444 g/mol. The number of aliphatic hydroxyl groups is 1. The van der Waals surface area contributed by atoms with Gasteiger partial charge in [-0.15, -0.1) is 0 Å². The van der Waals surface area contributed by atoms with Crippen LogP contribution in [0.4, 0.5) is 0 Å². The van der Waals surface area contributed by atoms with Gasteiger partial charge < -0.3 is 14.7 Å². The van der Waals surface area contributed by atoms with Gasteiger partial charge in [-0.2, -0.15) is 0 Å². The lowest BCUT2D eigenvalue weighted by atomic mass is 9.47. The minimum absolute atomic E-state index is 0.145. The Balaban J connectivity index is 1.37. The molecule has 0 heterocycles. The predicted molar refractivity (Wildman–Crippen MR) is 150 cm³/mol.